The van der Waals surface area contributed by atoms with Crippen molar-refractivity contribution in [3.05, 3.63) is 33.9 Å². The highest BCUT2D eigenvalue weighted by Crippen LogP contribution is 2.24. The molecule has 110 valence electrons. The molecule has 2 atom stereocenters. The van der Waals surface area contributed by atoms with Crippen LogP contribution in [0.1, 0.15) is 25.8 Å². The van der Waals surface area contributed by atoms with Crippen molar-refractivity contribution >= 4 is 11.6 Å². The van der Waals surface area contributed by atoms with Crippen molar-refractivity contribution in [2.75, 3.05) is 0 Å². The normalized spacial score (nSPS) is 15.2. The maximum Gasteiger partial charge on any atom is 0.272 e. The van der Waals surface area contributed by atoms with Crippen LogP contribution in [0.5, 0.6) is 5.75 Å². The third kappa shape index (κ3) is 3.92. The minimum atomic E-state index is -1.16. The van der Waals surface area contributed by atoms with Crippen LogP contribution >= 0.6 is 0 Å². The largest absolute Gasteiger partial charge is 0.491 e. The number of hydrogen-bond acceptors (Lipinski definition) is 5. The summed E-state index contributed by atoms with van der Waals surface area (Å²) in [5.74, 6) is -0.117. The van der Waals surface area contributed by atoms with Gasteiger partial charge in [0.15, 0.2) is 0 Å². The second kappa shape index (κ2) is 5.87. The van der Waals surface area contributed by atoms with Crippen molar-refractivity contribution in [2.24, 2.45) is 11.5 Å². The second-order valence-electron chi connectivity index (χ2n) is 5.12. The number of nitro benzene ring substituents is 1. The van der Waals surface area contributed by atoms with Crippen molar-refractivity contribution in [2.45, 2.75) is 38.8 Å². The predicted octanol–water partition coefficient (Wildman–Crippen LogP) is 1.26. The number of hydrogen-bond donors (Lipinski definition) is 2. The first-order valence-corrected chi connectivity index (χ1v) is 6.14. The molecule has 7 nitrogen and oxygen atoms in total. The van der Waals surface area contributed by atoms with E-state index in [0.29, 0.717) is 11.3 Å². The molecule has 0 aliphatic heterocycles. The van der Waals surface area contributed by atoms with E-state index in [1.165, 1.54) is 19.1 Å². The fourth-order valence-electron chi connectivity index (χ4n) is 1.88. The lowest BCUT2D eigenvalue weighted by Crippen LogP contribution is -2.51. The molecule has 0 aliphatic carbocycles. The molecule has 0 aromatic heterocycles. The van der Waals surface area contributed by atoms with Crippen LogP contribution in [0, 0.1) is 17.0 Å². The third-order valence-electron chi connectivity index (χ3n) is 2.98. The maximum absolute atomic E-state index is 11.1. The summed E-state index contributed by atoms with van der Waals surface area (Å²) in [5.41, 5.74) is 10.3. The molecular weight excluding hydrogens is 262 g/mol. The zero-order valence-corrected chi connectivity index (χ0v) is 11.8. The van der Waals surface area contributed by atoms with Crippen LogP contribution < -0.4 is 16.2 Å². The summed E-state index contributed by atoms with van der Waals surface area (Å²) >= 11 is 0. The number of nitrogens with zero attached hydrogens (tertiary/aromatic N) is 1. The van der Waals surface area contributed by atoms with Gasteiger partial charge in [0.05, 0.1) is 16.6 Å². The molecule has 2 unspecified atom stereocenters. The van der Waals surface area contributed by atoms with E-state index in [9.17, 15) is 14.9 Å². The van der Waals surface area contributed by atoms with Crippen LogP contribution in [-0.2, 0) is 4.79 Å². The highest BCUT2D eigenvalue weighted by atomic mass is 16.6. The zero-order valence-electron chi connectivity index (χ0n) is 11.8. The van der Waals surface area contributed by atoms with Crippen LogP contribution in [0.25, 0.3) is 0 Å². The quantitative estimate of drug-likeness (QED) is 0.600. The molecule has 0 saturated heterocycles. The molecular formula is C13H19N3O4. The van der Waals surface area contributed by atoms with Gasteiger partial charge in [-0.15, -0.1) is 0 Å². The van der Waals surface area contributed by atoms with Gasteiger partial charge < -0.3 is 16.2 Å². The van der Waals surface area contributed by atoms with Crippen molar-refractivity contribution in [3.63, 3.8) is 0 Å². The van der Waals surface area contributed by atoms with Crippen LogP contribution in [0.4, 0.5) is 5.69 Å². The van der Waals surface area contributed by atoms with Crippen LogP contribution in [0.3, 0.4) is 0 Å². The van der Waals surface area contributed by atoms with E-state index in [-0.39, 0.29) is 18.2 Å². The van der Waals surface area contributed by atoms with Gasteiger partial charge >= 0.3 is 0 Å². The Morgan fingerprint density at radius 1 is 1.55 bits per heavy atom. The van der Waals surface area contributed by atoms with Gasteiger partial charge in [0.1, 0.15) is 5.75 Å². The standard InChI is InChI=1S/C13H19N3O4/c1-8-6-10(4-5-11(8)16(18)19)20-9(2)7-13(3,15)12(14)17/h4-6,9H,7,15H2,1-3H3,(H2,14,17). The fourth-order valence-corrected chi connectivity index (χ4v) is 1.88. The molecule has 0 heterocycles. The first kappa shape index (κ1) is 15.9. The summed E-state index contributed by atoms with van der Waals surface area (Å²) in [6.07, 6.45) is -0.100. The Morgan fingerprint density at radius 2 is 2.15 bits per heavy atom. The minimum Gasteiger partial charge on any atom is -0.491 e. The molecule has 0 saturated carbocycles. The predicted molar refractivity (Wildman–Crippen MR) is 74.3 cm³/mol. The van der Waals surface area contributed by atoms with Crippen molar-refractivity contribution in [3.8, 4) is 5.75 Å². The summed E-state index contributed by atoms with van der Waals surface area (Å²) in [6.45, 7) is 4.92. The van der Waals surface area contributed by atoms with Gasteiger partial charge in [-0.3, -0.25) is 14.9 Å². The maximum atomic E-state index is 11.1. The molecule has 0 fully saturated rings. The van der Waals surface area contributed by atoms with Gasteiger partial charge in [0.2, 0.25) is 5.91 Å². The molecule has 1 aromatic rings. The highest BCUT2D eigenvalue weighted by molar-refractivity contribution is 5.83. The number of carbonyl (C=O) groups is 1. The first-order valence-electron chi connectivity index (χ1n) is 6.14. The average Bonchev–Trinajstić information content (AvgIpc) is 2.26. The van der Waals surface area contributed by atoms with E-state index in [2.05, 4.69) is 0 Å². The Balaban J connectivity index is 2.77. The van der Waals surface area contributed by atoms with E-state index in [0.717, 1.165) is 0 Å². The molecule has 0 aliphatic rings. The molecule has 0 radical (unpaired) electrons. The summed E-state index contributed by atoms with van der Waals surface area (Å²) in [6, 6.07) is 4.47. The van der Waals surface area contributed by atoms with Gasteiger partial charge in [0.25, 0.3) is 5.69 Å². The number of primary amides is 1. The smallest absolute Gasteiger partial charge is 0.272 e. The van der Waals surface area contributed by atoms with E-state index in [1.54, 1.807) is 19.9 Å². The number of ether oxygens (including phenoxy) is 1. The van der Waals surface area contributed by atoms with E-state index < -0.39 is 16.4 Å². The summed E-state index contributed by atoms with van der Waals surface area (Å²) in [5, 5.41) is 10.7. The molecule has 1 amide bonds. The number of aryl methyl sites for hydroxylation is 1. The molecule has 0 spiro atoms. The lowest BCUT2D eigenvalue weighted by Gasteiger charge is -2.25. The van der Waals surface area contributed by atoms with Gasteiger partial charge in [-0.2, -0.15) is 0 Å². The van der Waals surface area contributed by atoms with Crippen molar-refractivity contribution in [1.82, 2.24) is 0 Å². The summed E-state index contributed by atoms with van der Waals surface area (Å²) < 4.78 is 5.61. The number of nitro groups is 1. The number of amides is 1. The molecule has 0 bridgehead atoms. The van der Waals surface area contributed by atoms with E-state index in [1.807, 2.05) is 0 Å². The van der Waals surface area contributed by atoms with Crippen LogP contribution in [-0.4, -0.2) is 22.5 Å². The van der Waals surface area contributed by atoms with Gasteiger partial charge in [-0.05, 0) is 32.9 Å². The molecule has 7 heteroatoms. The Bertz CT molecular complexity index is 528. The minimum absolute atomic E-state index is 0.0332. The SMILES string of the molecule is Cc1cc(OC(C)CC(C)(N)C(N)=O)ccc1[N+](=O)[O-]. The Kier molecular flexibility index (Phi) is 4.67. The fraction of sp³-hybridized carbons (Fsp3) is 0.462. The molecule has 1 rings (SSSR count). The molecule has 4 N–H and O–H groups in total. The Morgan fingerprint density at radius 3 is 2.60 bits per heavy atom. The number of nitrogens with two attached hydrogens (primary N) is 2. The zero-order chi connectivity index (χ0) is 15.5. The summed E-state index contributed by atoms with van der Waals surface area (Å²) in [4.78, 5) is 21.4. The van der Waals surface area contributed by atoms with Gasteiger partial charge in [-0.25, -0.2) is 0 Å². The van der Waals surface area contributed by atoms with Gasteiger partial charge in [-0.1, -0.05) is 0 Å². The Hall–Kier alpha value is -2.15. The lowest BCUT2D eigenvalue weighted by atomic mass is 9.95. The second-order valence-corrected chi connectivity index (χ2v) is 5.12. The number of rotatable bonds is 6. The third-order valence-corrected chi connectivity index (χ3v) is 2.98. The van der Waals surface area contributed by atoms with E-state index >= 15 is 0 Å². The number of carbonyl (C=O) groups excluding carboxylic acids is 1. The lowest BCUT2D eigenvalue weighted by molar-refractivity contribution is -0.385. The molecule has 1 aromatic carbocycles. The van der Waals surface area contributed by atoms with Crippen molar-refractivity contribution in [1.29, 1.82) is 0 Å². The monoisotopic (exact) mass is 281 g/mol. The summed E-state index contributed by atoms with van der Waals surface area (Å²) in [7, 11) is 0. The van der Waals surface area contributed by atoms with Gasteiger partial charge in [0, 0.05) is 18.1 Å². The van der Waals surface area contributed by atoms with Crippen LogP contribution in [0.15, 0.2) is 18.2 Å². The highest BCUT2D eigenvalue weighted by Gasteiger charge is 2.28. The van der Waals surface area contributed by atoms with E-state index in [4.69, 9.17) is 16.2 Å². The first-order chi connectivity index (χ1) is 9.13. The number of benzene rings is 1. The topological polar surface area (TPSA) is 121 Å². The van der Waals surface area contributed by atoms with Crippen LogP contribution in [0.2, 0.25) is 0 Å². The Labute approximate surface area is 117 Å². The average molecular weight is 281 g/mol. The van der Waals surface area contributed by atoms with Crippen molar-refractivity contribution < 1.29 is 14.5 Å². The molecule has 20 heavy (non-hydrogen) atoms.